The van der Waals surface area contributed by atoms with Crippen molar-refractivity contribution in [2.45, 2.75) is 19.3 Å². The van der Waals surface area contributed by atoms with E-state index in [0.29, 0.717) is 45.3 Å². The summed E-state index contributed by atoms with van der Waals surface area (Å²) >= 11 is 0. The van der Waals surface area contributed by atoms with Crippen LogP contribution in [0.5, 0.6) is 23.0 Å². The molecule has 0 radical (unpaired) electrons. The van der Waals surface area contributed by atoms with Crippen molar-refractivity contribution in [2.75, 3.05) is 28.4 Å². The van der Waals surface area contributed by atoms with Crippen molar-refractivity contribution in [3.63, 3.8) is 0 Å². The highest BCUT2D eigenvalue weighted by molar-refractivity contribution is 5.56. The molecule has 0 aliphatic heterocycles. The van der Waals surface area contributed by atoms with Gasteiger partial charge in [0.25, 0.3) is 0 Å². The molecule has 0 saturated heterocycles. The second-order valence-electron chi connectivity index (χ2n) is 5.53. The van der Waals surface area contributed by atoms with Gasteiger partial charge in [-0.3, -0.25) is 0 Å². The monoisotopic (exact) mass is 364 g/mol. The largest absolute Gasteiger partial charge is 0.497 e. The van der Waals surface area contributed by atoms with Crippen LogP contribution in [0.25, 0.3) is 0 Å². The van der Waals surface area contributed by atoms with Gasteiger partial charge in [0, 0.05) is 11.6 Å². The van der Waals surface area contributed by atoms with Crippen LogP contribution in [-0.4, -0.2) is 43.8 Å². The van der Waals surface area contributed by atoms with Gasteiger partial charge < -0.3 is 34.3 Å². The first-order valence-electron chi connectivity index (χ1n) is 7.93. The maximum Gasteiger partial charge on any atom is 0.129 e. The summed E-state index contributed by atoms with van der Waals surface area (Å²) in [6, 6.07) is 6.50. The summed E-state index contributed by atoms with van der Waals surface area (Å²) in [7, 11) is 5.90. The summed E-state index contributed by atoms with van der Waals surface area (Å²) in [5, 5.41) is 30.3. The molecule has 2 aromatic carbocycles. The molecule has 1 atom stereocenters. The highest BCUT2D eigenvalue weighted by Crippen LogP contribution is 2.42. The van der Waals surface area contributed by atoms with E-state index in [-0.39, 0.29) is 13.2 Å². The van der Waals surface area contributed by atoms with Crippen molar-refractivity contribution >= 4 is 0 Å². The van der Waals surface area contributed by atoms with Crippen molar-refractivity contribution < 1.29 is 34.3 Å². The number of aliphatic hydroxyl groups excluding tert-OH is 3. The van der Waals surface area contributed by atoms with Crippen molar-refractivity contribution in [1.29, 1.82) is 0 Å². The van der Waals surface area contributed by atoms with Gasteiger partial charge in [-0.25, -0.2) is 0 Å². The van der Waals surface area contributed by atoms with E-state index in [1.165, 1.54) is 28.4 Å². The van der Waals surface area contributed by atoms with Crippen LogP contribution in [0.15, 0.2) is 24.3 Å². The van der Waals surface area contributed by atoms with Gasteiger partial charge in [0.1, 0.15) is 29.1 Å². The summed E-state index contributed by atoms with van der Waals surface area (Å²) in [5.74, 6) is 1.57. The average Bonchev–Trinajstić information content (AvgIpc) is 2.70. The van der Waals surface area contributed by atoms with E-state index in [1.54, 1.807) is 24.3 Å². The summed E-state index contributed by atoms with van der Waals surface area (Å²) in [6.45, 7) is -0.531. The summed E-state index contributed by atoms with van der Waals surface area (Å²) in [6.07, 6.45) is -1.18. The van der Waals surface area contributed by atoms with E-state index in [9.17, 15) is 15.3 Å². The Morgan fingerprint density at radius 2 is 1.35 bits per heavy atom. The standard InChI is InChI=1S/C19H24O7/c1-23-12-7-13(14(10-21)15(8-12)24-2)19(22)18-16(25-3)5-11(9-20)6-17(18)26-4/h5-8,19-22H,9-10H2,1-4H3. The zero-order chi connectivity index (χ0) is 19.3. The molecule has 1 unspecified atom stereocenters. The van der Waals surface area contributed by atoms with Gasteiger partial charge in [0.05, 0.1) is 47.2 Å². The minimum atomic E-state index is -1.18. The Labute approximate surface area is 152 Å². The molecule has 0 amide bonds. The number of rotatable bonds is 8. The van der Waals surface area contributed by atoms with Gasteiger partial charge in [-0.2, -0.15) is 0 Å². The Balaban J connectivity index is 2.71. The molecule has 26 heavy (non-hydrogen) atoms. The molecule has 3 N–H and O–H groups in total. The lowest BCUT2D eigenvalue weighted by atomic mass is 9.93. The first-order valence-corrected chi connectivity index (χ1v) is 7.93. The molecule has 0 aliphatic carbocycles. The Hall–Kier alpha value is -2.48. The van der Waals surface area contributed by atoms with Crippen LogP contribution in [0.1, 0.15) is 28.4 Å². The smallest absolute Gasteiger partial charge is 0.129 e. The Morgan fingerprint density at radius 1 is 0.769 bits per heavy atom. The van der Waals surface area contributed by atoms with Gasteiger partial charge >= 0.3 is 0 Å². The lowest BCUT2D eigenvalue weighted by Gasteiger charge is -2.22. The predicted octanol–water partition coefficient (Wildman–Crippen LogP) is 1.79. The van der Waals surface area contributed by atoms with Crippen molar-refractivity contribution in [1.82, 2.24) is 0 Å². The second kappa shape index (κ2) is 8.75. The predicted molar refractivity (Wildman–Crippen MR) is 95.0 cm³/mol. The van der Waals surface area contributed by atoms with E-state index in [4.69, 9.17) is 18.9 Å². The molecule has 0 aromatic heterocycles. The zero-order valence-corrected chi connectivity index (χ0v) is 15.3. The van der Waals surface area contributed by atoms with Crippen LogP contribution >= 0.6 is 0 Å². The third-order valence-corrected chi connectivity index (χ3v) is 4.19. The quantitative estimate of drug-likeness (QED) is 0.657. The third kappa shape index (κ3) is 3.70. The molecule has 0 saturated carbocycles. The van der Waals surface area contributed by atoms with Gasteiger partial charge in [0.15, 0.2) is 0 Å². The van der Waals surface area contributed by atoms with Crippen LogP contribution < -0.4 is 18.9 Å². The summed E-state index contributed by atoms with van der Waals surface area (Å²) in [5.41, 5.74) is 1.78. The summed E-state index contributed by atoms with van der Waals surface area (Å²) in [4.78, 5) is 0. The molecule has 2 rings (SSSR count). The Morgan fingerprint density at radius 3 is 1.77 bits per heavy atom. The Bertz CT molecular complexity index is 733. The molecule has 0 fully saturated rings. The van der Waals surface area contributed by atoms with Crippen LogP contribution in [0.3, 0.4) is 0 Å². The topological polar surface area (TPSA) is 97.6 Å². The minimum absolute atomic E-state index is 0.196. The first-order chi connectivity index (χ1) is 12.5. The third-order valence-electron chi connectivity index (χ3n) is 4.19. The van der Waals surface area contributed by atoms with E-state index in [1.807, 2.05) is 0 Å². The van der Waals surface area contributed by atoms with Crippen LogP contribution in [-0.2, 0) is 13.2 Å². The number of methoxy groups -OCH3 is 4. The zero-order valence-electron chi connectivity index (χ0n) is 15.3. The number of aliphatic hydroxyl groups is 3. The maximum absolute atomic E-state index is 11.1. The fourth-order valence-corrected chi connectivity index (χ4v) is 2.86. The van der Waals surface area contributed by atoms with E-state index < -0.39 is 6.10 Å². The lowest BCUT2D eigenvalue weighted by Crippen LogP contribution is -2.10. The van der Waals surface area contributed by atoms with Crippen LogP contribution in [0, 0.1) is 0 Å². The SMILES string of the molecule is COc1cc(OC)c(CO)c(C(O)c2c(OC)cc(CO)cc2OC)c1. The maximum atomic E-state index is 11.1. The van der Waals surface area contributed by atoms with Crippen molar-refractivity contribution in [3.05, 3.63) is 46.5 Å². The average molecular weight is 364 g/mol. The molecule has 0 aliphatic rings. The normalized spacial score (nSPS) is 11.8. The fourth-order valence-electron chi connectivity index (χ4n) is 2.86. The molecule has 7 nitrogen and oxygen atoms in total. The number of benzene rings is 2. The highest BCUT2D eigenvalue weighted by Gasteiger charge is 2.26. The van der Waals surface area contributed by atoms with Crippen molar-refractivity contribution in [3.8, 4) is 23.0 Å². The number of hydrogen-bond acceptors (Lipinski definition) is 7. The molecule has 0 spiro atoms. The van der Waals surface area contributed by atoms with E-state index >= 15 is 0 Å². The van der Waals surface area contributed by atoms with Gasteiger partial charge in [-0.15, -0.1) is 0 Å². The molecule has 0 heterocycles. The van der Waals surface area contributed by atoms with Gasteiger partial charge in [-0.1, -0.05) is 0 Å². The Kier molecular flexibility index (Phi) is 6.68. The van der Waals surface area contributed by atoms with Gasteiger partial charge in [0.2, 0.25) is 0 Å². The molecule has 2 aromatic rings. The lowest BCUT2D eigenvalue weighted by molar-refractivity contribution is 0.200. The minimum Gasteiger partial charge on any atom is -0.497 e. The second-order valence-corrected chi connectivity index (χ2v) is 5.53. The molecule has 7 heteroatoms. The molecular formula is C19H24O7. The number of ether oxygens (including phenoxy) is 4. The van der Waals surface area contributed by atoms with E-state index in [0.717, 1.165) is 0 Å². The number of hydrogen-bond donors (Lipinski definition) is 3. The first kappa shape index (κ1) is 19.8. The summed E-state index contributed by atoms with van der Waals surface area (Å²) < 4.78 is 21.3. The molecule has 0 bridgehead atoms. The van der Waals surface area contributed by atoms with Gasteiger partial charge in [-0.05, 0) is 29.3 Å². The fraction of sp³-hybridized carbons (Fsp3) is 0.368. The van der Waals surface area contributed by atoms with E-state index in [2.05, 4.69) is 0 Å². The molecule has 142 valence electrons. The van der Waals surface area contributed by atoms with Crippen molar-refractivity contribution in [2.24, 2.45) is 0 Å². The van der Waals surface area contributed by atoms with Crippen LogP contribution in [0.4, 0.5) is 0 Å². The molecular weight excluding hydrogens is 340 g/mol. The van der Waals surface area contributed by atoms with Crippen LogP contribution in [0.2, 0.25) is 0 Å². The highest BCUT2D eigenvalue weighted by atomic mass is 16.5.